The second-order valence-corrected chi connectivity index (χ2v) is 8.59. The third-order valence-electron chi connectivity index (χ3n) is 4.47. The number of non-ortho nitro benzene ring substituents is 1. The van der Waals surface area contributed by atoms with Gasteiger partial charge in [-0.05, 0) is 79.4 Å². The lowest BCUT2D eigenvalue weighted by molar-refractivity contribution is -0.384. The van der Waals surface area contributed by atoms with Crippen LogP contribution in [0.15, 0.2) is 68.6 Å². The summed E-state index contributed by atoms with van der Waals surface area (Å²) in [6, 6.07) is 11.3. The Balaban J connectivity index is 1.71. The van der Waals surface area contributed by atoms with E-state index >= 15 is 0 Å². The van der Waals surface area contributed by atoms with Gasteiger partial charge in [-0.1, -0.05) is 0 Å². The summed E-state index contributed by atoms with van der Waals surface area (Å²) < 4.78 is 45.3. The summed E-state index contributed by atoms with van der Waals surface area (Å²) in [5, 5.41) is 25.8. The number of anilines is 1. The van der Waals surface area contributed by atoms with E-state index in [4.69, 9.17) is 4.74 Å². The normalized spacial score (nSPS) is 11.5. The molecule has 0 aliphatic rings. The van der Waals surface area contributed by atoms with E-state index in [1.165, 1.54) is 18.3 Å². The van der Waals surface area contributed by atoms with Crippen LogP contribution >= 0.6 is 31.9 Å². The van der Waals surface area contributed by atoms with Gasteiger partial charge in [0.15, 0.2) is 0 Å². The molecule has 35 heavy (non-hydrogen) atoms. The van der Waals surface area contributed by atoms with Crippen molar-refractivity contribution in [2.24, 2.45) is 5.10 Å². The second kappa shape index (κ2) is 10.8. The first kappa shape index (κ1) is 26.1. The number of nitro groups is 2. The number of hydrogen-bond acceptors (Lipinski definition) is 7. The standard InChI is InChI=1S/C21H13Br2F3N4O5/c22-16-7-13(8-17(23)20(16)35-11-12-1-4-15(5-2-12)29(31)32)10-27-28-18-6-3-14(21(24,25)26)9-19(18)30(33)34/h1-10,28H,11H2/b27-10-. The molecule has 0 saturated heterocycles. The number of alkyl halides is 3. The first-order valence-electron chi connectivity index (χ1n) is 9.45. The SMILES string of the molecule is O=[N+]([O-])c1ccc(COc2c(Br)cc(/C=N\Nc3ccc(C(F)(F)F)cc3[N+](=O)[O-])cc2Br)cc1. The van der Waals surface area contributed by atoms with Crippen LogP contribution < -0.4 is 10.2 Å². The Morgan fingerprint density at radius 3 is 2.14 bits per heavy atom. The van der Waals surface area contributed by atoms with Crippen molar-refractivity contribution in [3.05, 3.63) is 100 Å². The lowest BCUT2D eigenvalue weighted by Crippen LogP contribution is -2.06. The number of hydrogen-bond donors (Lipinski definition) is 1. The van der Waals surface area contributed by atoms with Gasteiger partial charge in [0.2, 0.25) is 0 Å². The summed E-state index contributed by atoms with van der Waals surface area (Å²) in [6.07, 6.45) is -3.40. The molecule has 0 aromatic heterocycles. The van der Waals surface area contributed by atoms with Crippen molar-refractivity contribution in [1.29, 1.82) is 0 Å². The van der Waals surface area contributed by atoms with Crippen LogP contribution in [0, 0.1) is 20.2 Å². The topological polar surface area (TPSA) is 120 Å². The zero-order valence-electron chi connectivity index (χ0n) is 17.3. The van der Waals surface area contributed by atoms with Gasteiger partial charge in [-0.15, -0.1) is 0 Å². The highest BCUT2D eigenvalue weighted by atomic mass is 79.9. The highest BCUT2D eigenvalue weighted by Crippen LogP contribution is 2.36. The predicted octanol–water partition coefficient (Wildman–Crippen LogP) is 7.07. The Labute approximate surface area is 212 Å². The summed E-state index contributed by atoms with van der Waals surface area (Å²) in [4.78, 5) is 20.5. The lowest BCUT2D eigenvalue weighted by atomic mass is 10.1. The molecular weight excluding hydrogens is 605 g/mol. The predicted molar refractivity (Wildman–Crippen MR) is 129 cm³/mol. The number of rotatable bonds is 8. The minimum absolute atomic E-state index is 0.0324. The molecule has 0 unspecified atom stereocenters. The molecule has 0 aliphatic heterocycles. The number of hydrazone groups is 1. The number of benzene rings is 3. The van der Waals surface area contributed by atoms with Crippen LogP contribution in [0.25, 0.3) is 0 Å². The van der Waals surface area contributed by atoms with Crippen LogP contribution in [0.5, 0.6) is 5.75 Å². The Hall–Kier alpha value is -3.52. The average molecular weight is 618 g/mol. The summed E-state index contributed by atoms with van der Waals surface area (Å²) in [5.74, 6) is 0.451. The molecule has 3 rings (SSSR count). The minimum Gasteiger partial charge on any atom is -0.487 e. The molecule has 1 N–H and O–H groups in total. The highest BCUT2D eigenvalue weighted by Gasteiger charge is 2.33. The van der Waals surface area contributed by atoms with Crippen LogP contribution in [0.1, 0.15) is 16.7 Å². The second-order valence-electron chi connectivity index (χ2n) is 6.88. The lowest BCUT2D eigenvalue weighted by Gasteiger charge is -2.11. The van der Waals surface area contributed by atoms with Crippen LogP contribution in [0.2, 0.25) is 0 Å². The molecule has 14 heteroatoms. The maximum atomic E-state index is 12.8. The number of ether oxygens (including phenoxy) is 1. The molecule has 0 aliphatic carbocycles. The molecule has 0 saturated carbocycles. The molecule has 3 aromatic carbocycles. The Morgan fingerprint density at radius 1 is 0.971 bits per heavy atom. The zero-order chi connectivity index (χ0) is 25.8. The molecule has 0 heterocycles. The number of nitrogens with zero attached hydrogens (tertiary/aromatic N) is 3. The molecule has 0 atom stereocenters. The van der Waals surface area contributed by atoms with E-state index in [1.54, 1.807) is 24.3 Å². The summed E-state index contributed by atoms with van der Waals surface area (Å²) >= 11 is 6.75. The van der Waals surface area contributed by atoms with Gasteiger partial charge in [-0.25, -0.2) is 0 Å². The monoisotopic (exact) mass is 616 g/mol. The molecule has 0 amide bonds. The molecule has 0 spiro atoms. The molecule has 0 radical (unpaired) electrons. The highest BCUT2D eigenvalue weighted by molar-refractivity contribution is 9.11. The van der Waals surface area contributed by atoms with E-state index < -0.39 is 27.3 Å². The van der Waals surface area contributed by atoms with Crippen molar-refractivity contribution in [3.63, 3.8) is 0 Å². The molecular formula is C21H13Br2F3N4O5. The van der Waals surface area contributed by atoms with Crippen LogP contribution in [0.3, 0.4) is 0 Å². The smallest absolute Gasteiger partial charge is 0.416 e. The van der Waals surface area contributed by atoms with Gasteiger partial charge in [-0.3, -0.25) is 25.7 Å². The fraction of sp³-hybridized carbons (Fsp3) is 0.0952. The first-order chi connectivity index (χ1) is 16.5. The zero-order valence-corrected chi connectivity index (χ0v) is 20.4. The Bertz CT molecular complexity index is 1280. The van der Waals surface area contributed by atoms with Crippen molar-refractivity contribution >= 4 is 55.1 Å². The van der Waals surface area contributed by atoms with Crippen LogP contribution in [-0.2, 0) is 12.8 Å². The van der Waals surface area contributed by atoms with Crippen molar-refractivity contribution in [2.45, 2.75) is 12.8 Å². The van der Waals surface area contributed by atoms with E-state index in [1.807, 2.05) is 0 Å². The van der Waals surface area contributed by atoms with E-state index in [2.05, 4.69) is 42.4 Å². The van der Waals surface area contributed by atoms with Gasteiger partial charge < -0.3 is 4.74 Å². The Morgan fingerprint density at radius 2 is 1.60 bits per heavy atom. The average Bonchev–Trinajstić information content (AvgIpc) is 2.78. The van der Waals surface area contributed by atoms with Crippen molar-refractivity contribution in [2.75, 3.05) is 5.43 Å². The number of nitro benzene ring substituents is 2. The molecule has 0 fully saturated rings. The summed E-state index contributed by atoms with van der Waals surface area (Å²) in [7, 11) is 0. The van der Waals surface area contributed by atoms with Gasteiger partial charge in [0.25, 0.3) is 11.4 Å². The quantitative estimate of drug-likeness (QED) is 0.164. The maximum absolute atomic E-state index is 12.8. The maximum Gasteiger partial charge on any atom is 0.416 e. The van der Waals surface area contributed by atoms with Crippen LogP contribution in [0.4, 0.5) is 30.2 Å². The van der Waals surface area contributed by atoms with Gasteiger partial charge in [0.05, 0.1) is 30.6 Å². The van der Waals surface area contributed by atoms with E-state index in [0.717, 1.165) is 12.1 Å². The summed E-state index contributed by atoms with van der Waals surface area (Å²) in [6.45, 7) is 0.141. The fourth-order valence-electron chi connectivity index (χ4n) is 2.79. The third kappa shape index (κ3) is 6.76. The van der Waals surface area contributed by atoms with Crippen LogP contribution in [-0.4, -0.2) is 16.1 Å². The largest absolute Gasteiger partial charge is 0.487 e. The van der Waals surface area contributed by atoms with Gasteiger partial charge in [0.1, 0.15) is 18.0 Å². The van der Waals surface area contributed by atoms with Crippen molar-refractivity contribution in [3.8, 4) is 5.75 Å². The summed E-state index contributed by atoms with van der Waals surface area (Å²) in [5.41, 5.74) is 1.48. The third-order valence-corrected chi connectivity index (χ3v) is 5.65. The van der Waals surface area contributed by atoms with E-state index in [-0.39, 0.29) is 18.0 Å². The van der Waals surface area contributed by atoms with Gasteiger partial charge in [-0.2, -0.15) is 18.3 Å². The first-order valence-corrected chi connectivity index (χ1v) is 11.0. The molecule has 182 valence electrons. The molecule has 9 nitrogen and oxygen atoms in total. The van der Waals surface area contributed by atoms with Gasteiger partial charge >= 0.3 is 6.18 Å². The van der Waals surface area contributed by atoms with E-state index in [0.29, 0.717) is 31.9 Å². The van der Waals surface area contributed by atoms with Gasteiger partial charge in [0, 0.05) is 18.2 Å². The fourth-order valence-corrected chi connectivity index (χ4v) is 4.24. The molecule has 3 aromatic rings. The number of halogens is 5. The van der Waals surface area contributed by atoms with Crippen molar-refractivity contribution in [1.82, 2.24) is 0 Å². The minimum atomic E-state index is -4.71. The van der Waals surface area contributed by atoms with E-state index in [9.17, 15) is 33.4 Å². The number of nitrogens with one attached hydrogen (secondary N) is 1. The Kier molecular flexibility index (Phi) is 8.07. The molecule has 0 bridgehead atoms. The van der Waals surface area contributed by atoms with Crippen molar-refractivity contribution < 1.29 is 27.8 Å².